The molecule has 0 bridgehead atoms. The van der Waals surface area contributed by atoms with E-state index in [2.05, 4.69) is 10.1 Å². The second-order valence-corrected chi connectivity index (χ2v) is 3.86. The number of nitrogens with zero attached hydrogens (tertiary/aromatic N) is 2. The minimum Gasteiger partial charge on any atom is -0.430 e. The second kappa shape index (κ2) is 7.83. The van der Waals surface area contributed by atoms with Crippen molar-refractivity contribution in [2.45, 2.75) is 18.6 Å². The van der Waals surface area contributed by atoms with Crippen LogP contribution in [0.5, 0.6) is 0 Å². The Balaban J connectivity index is 2.33. The van der Waals surface area contributed by atoms with Crippen LogP contribution in [0, 0.1) is 0 Å². The topological polar surface area (TPSA) is 47.6 Å². The van der Waals surface area contributed by atoms with Crippen LogP contribution in [-0.2, 0) is 4.84 Å². The minimum atomic E-state index is -1.66. The number of thioether (sulfide) groups is 1. The highest BCUT2D eigenvalue weighted by Gasteiger charge is 2.02. The number of allylic oxidation sites excluding steroid dienone is 1. The molecule has 1 aromatic rings. The molecule has 0 fully saturated rings. The maximum atomic E-state index is 11.7. The van der Waals surface area contributed by atoms with Gasteiger partial charge in [-0.1, -0.05) is 16.9 Å². The molecule has 0 radical (unpaired) electrons. The minimum absolute atomic E-state index is 0.276. The van der Waals surface area contributed by atoms with Gasteiger partial charge in [-0.05, 0) is 19.4 Å². The molecule has 1 aromatic heterocycles. The third-order valence-electron chi connectivity index (χ3n) is 1.53. The maximum Gasteiger partial charge on any atom is 0.266 e. The van der Waals surface area contributed by atoms with Crippen LogP contribution in [0.2, 0.25) is 0 Å². The van der Waals surface area contributed by atoms with Crippen molar-refractivity contribution < 1.29 is 18.0 Å². The number of hydrogen-bond donors (Lipinski definition) is 0. The van der Waals surface area contributed by atoms with Gasteiger partial charge in [0.05, 0.1) is 6.20 Å². The van der Waals surface area contributed by atoms with Crippen molar-refractivity contribution in [1.29, 1.82) is 0 Å². The Bertz CT molecular complexity index is 389. The first-order valence-electron chi connectivity index (χ1n) is 4.97. The molecule has 0 amide bonds. The van der Waals surface area contributed by atoms with Crippen molar-refractivity contribution in [3.8, 4) is 0 Å². The van der Waals surface area contributed by atoms with E-state index < -0.39 is 6.08 Å². The van der Waals surface area contributed by atoms with E-state index in [0.717, 1.165) is 6.08 Å². The van der Waals surface area contributed by atoms with Crippen molar-refractivity contribution in [2.75, 3.05) is 12.4 Å². The standard InChI is InChI=1S/C10H12F2N2O2S/c1-2-15-14-7-8-6-13-10(16-8)17-5-3-4-9(11)12/h4,6-7H,2-3,5H2,1H3. The lowest BCUT2D eigenvalue weighted by Crippen LogP contribution is -1.81. The molecule has 0 aromatic carbocycles. The lowest BCUT2D eigenvalue weighted by atomic mass is 10.5. The first kappa shape index (κ1) is 13.7. The smallest absolute Gasteiger partial charge is 0.266 e. The molecular formula is C10H12F2N2O2S. The highest BCUT2D eigenvalue weighted by molar-refractivity contribution is 7.99. The molecule has 7 heteroatoms. The molecule has 94 valence electrons. The van der Waals surface area contributed by atoms with Gasteiger partial charge in [0.25, 0.3) is 11.3 Å². The van der Waals surface area contributed by atoms with E-state index in [0.29, 0.717) is 23.3 Å². The third-order valence-corrected chi connectivity index (χ3v) is 2.40. The SMILES string of the molecule is CCON=Cc1cnc(SCCC=C(F)F)o1. The highest BCUT2D eigenvalue weighted by Crippen LogP contribution is 2.18. The van der Waals surface area contributed by atoms with E-state index in [1.807, 2.05) is 6.92 Å². The molecule has 0 atom stereocenters. The quantitative estimate of drug-likeness (QED) is 0.327. The Morgan fingerprint density at radius 2 is 2.47 bits per heavy atom. The predicted octanol–water partition coefficient (Wildman–Crippen LogP) is 3.31. The monoisotopic (exact) mass is 262 g/mol. The Morgan fingerprint density at radius 1 is 1.65 bits per heavy atom. The van der Waals surface area contributed by atoms with Gasteiger partial charge in [0, 0.05) is 5.75 Å². The fourth-order valence-electron chi connectivity index (χ4n) is 0.874. The molecule has 0 unspecified atom stereocenters. The fourth-order valence-corrected chi connectivity index (χ4v) is 1.57. The number of aromatic nitrogens is 1. The predicted molar refractivity (Wildman–Crippen MR) is 61.4 cm³/mol. The van der Waals surface area contributed by atoms with E-state index in [4.69, 9.17) is 9.25 Å². The van der Waals surface area contributed by atoms with Gasteiger partial charge in [0.1, 0.15) is 12.8 Å². The Labute approximate surface area is 102 Å². The molecule has 0 saturated carbocycles. The van der Waals surface area contributed by atoms with Crippen molar-refractivity contribution in [3.05, 3.63) is 24.1 Å². The summed E-state index contributed by atoms with van der Waals surface area (Å²) in [7, 11) is 0. The van der Waals surface area contributed by atoms with Crippen molar-refractivity contribution >= 4 is 18.0 Å². The van der Waals surface area contributed by atoms with Crippen molar-refractivity contribution in [2.24, 2.45) is 5.16 Å². The maximum absolute atomic E-state index is 11.7. The van der Waals surface area contributed by atoms with Crippen LogP contribution in [0.15, 0.2) is 33.1 Å². The Morgan fingerprint density at radius 3 is 3.18 bits per heavy atom. The van der Waals surface area contributed by atoms with Crippen LogP contribution in [0.25, 0.3) is 0 Å². The van der Waals surface area contributed by atoms with Crippen LogP contribution in [0.1, 0.15) is 19.1 Å². The second-order valence-electron chi connectivity index (χ2n) is 2.81. The van der Waals surface area contributed by atoms with E-state index >= 15 is 0 Å². The molecule has 0 aliphatic heterocycles. The first-order valence-corrected chi connectivity index (χ1v) is 5.96. The van der Waals surface area contributed by atoms with Gasteiger partial charge >= 0.3 is 0 Å². The summed E-state index contributed by atoms with van der Waals surface area (Å²) >= 11 is 1.26. The van der Waals surface area contributed by atoms with Crippen LogP contribution in [0.3, 0.4) is 0 Å². The number of rotatable bonds is 7. The number of oxime groups is 1. The summed E-state index contributed by atoms with van der Waals surface area (Å²) < 4.78 is 28.7. The summed E-state index contributed by atoms with van der Waals surface area (Å²) in [6.07, 6.45) is 2.38. The van der Waals surface area contributed by atoms with E-state index in [-0.39, 0.29) is 6.42 Å². The third kappa shape index (κ3) is 6.06. The number of oxazole rings is 1. The Kier molecular flexibility index (Phi) is 6.31. The van der Waals surface area contributed by atoms with Gasteiger partial charge in [-0.2, -0.15) is 8.78 Å². The summed E-state index contributed by atoms with van der Waals surface area (Å²) in [5.41, 5.74) is 0. The molecule has 1 rings (SSSR count). The molecule has 0 saturated heterocycles. The van der Waals surface area contributed by atoms with Crippen molar-refractivity contribution in [1.82, 2.24) is 4.98 Å². The molecule has 4 nitrogen and oxygen atoms in total. The van der Waals surface area contributed by atoms with Crippen LogP contribution < -0.4 is 0 Å². The van der Waals surface area contributed by atoms with E-state index in [9.17, 15) is 8.78 Å². The average Bonchev–Trinajstić information content (AvgIpc) is 2.73. The average molecular weight is 262 g/mol. The van der Waals surface area contributed by atoms with Crippen LogP contribution in [0.4, 0.5) is 8.78 Å². The van der Waals surface area contributed by atoms with Crippen LogP contribution in [-0.4, -0.2) is 23.6 Å². The lowest BCUT2D eigenvalue weighted by molar-refractivity contribution is 0.160. The highest BCUT2D eigenvalue weighted by atomic mass is 32.2. The summed E-state index contributed by atoms with van der Waals surface area (Å²) in [5.74, 6) is 0.952. The number of halogens is 2. The number of hydrogen-bond acceptors (Lipinski definition) is 5. The molecule has 0 aliphatic rings. The molecule has 0 N–H and O–H groups in total. The van der Waals surface area contributed by atoms with Gasteiger partial charge in [0.2, 0.25) is 0 Å². The van der Waals surface area contributed by atoms with E-state index in [1.165, 1.54) is 24.2 Å². The zero-order valence-electron chi connectivity index (χ0n) is 9.23. The lowest BCUT2D eigenvalue weighted by Gasteiger charge is -1.91. The molecule has 17 heavy (non-hydrogen) atoms. The molecule has 0 aliphatic carbocycles. The summed E-state index contributed by atoms with van der Waals surface area (Å²) in [6.45, 7) is 2.30. The normalized spacial score (nSPS) is 10.8. The summed E-state index contributed by atoms with van der Waals surface area (Å²) in [4.78, 5) is 8.71. The molecule has 1 heterocycles. The van der Waals surface area contributed by atoms with Gasteiger partial charge < -0.3 is 9.25 Å². The molecular weight excluding hydrogens is 250 g/mol. The summed E-state index contributed by atoms with van der Waals surface area (Å²) in [5, 5.41) is 4.04. The molecule has 0 spiro atoms. The first-order chi connectivity index (χ1) is 8.22. The van der Waals surface area contributed by atoms with Gasteiger partial charge in [-0.3, -0.25) is 0 Å². The van der Waals surface area contributed by atoms with Gasteiger partial charge in [-0.15, -0.1) is 0 Å². The van der Waals surface area contributed by atoms with Gasteiger partial charge in [0.15, 0.2) is 5.76 Å². The zero-order valence-corrected chi connectivity index (χ0v) is 10.0. The van der Waals surface area contributed by atoms with E-state index in [1.54, 1.807) is 0 Å². The fraction of sp³-hybridized carbons (Fsp3) is 0.400. The van der Waals surface area contributed by atoms with Crippen molar-refractivity contribution in [3.63, 3.8) is 0 Å². The van der Waals surface area contributed by atoms with Gasteiger partial charge in [-0.25, -0.2) is 4.98 Å². The summed E-state index contributed by atoms with van der Waals surface area (Å²) in [6, 6.07) is 0. The zero-order chi connectivity index (χ0) is 12.5. The van der Waals surface area contributed by atoms with Crippen LogP contribution >= 0.6 is 11.8 Å². The largest absolute Gasteiger partial charge is 0.430 e. The Hall–Kier alpha value is -1.37.